The maximum atomic E-state index is 12.2. The number of aryl methyl sites for hydroxylation is 2. The van der Waals surface area contributed by atoms with Gasteiger partial charge in [0.1, 0.15) is 0 Å². The van der Waals surface area contributed by atoms with E-state index < -0.39 is 0 Å². The molecule has 0 heterocycles. The van der Waals surface area contributed by atoms with Crippen LogP contribution in [0.4, 0.5) is 0 Å². The van der Waals surface area contributed by atoms with Crippen LogP contribution >= 0.6 is 0 Å². The van der Waals surface area contributed by atoms with Crippen molar-refractivity contribution in [2.45, 2.75) is 39.5 Å². The molecule has 0 bridgehead atoms. The van der Waals surface area contributed by atoms with Crippen LogP contribution in [-0.2, 0) is 0 Å². The molecule has 15 heavy (non-hydrogen) atoms. The molecule has 1 fully saturated rings. The van der Waals surface area contributed by atoms with Crippen molar-refractivity contribution in [3.63, 3.8) is 0 Å². The molecule has 0 N–H and O–H groups in total. The summed E-state index contributed by atoms with van der Waals surface area (Å²) in [6, 6.07) is 6.13. The summed E-state index contributed by atoms with van der Waals surface area (Å²) in [5, 5.41) is 0. The SMILES string of the molecule is Cc1ccc(C(=O)C2CCCC2)c(C)c1. The Morgan fingerprint density at radius 2 is 1.87 bits per heavy atom. The highest BCUT2D eigenvalue weighted by atomic mass is 16.1. The lowest BCUT2D eigenvalue weighted by Gasteiger charge is -2.10. The molecule has 0 aromatic heterocycles. The number of rotatable bonds is 2. The third-order valence-corrected chi connectivity index (χ3v) is 3.37. The van der Waals surface area contributed by atoms with Crippen LogP contribution in [0.2, 0.25) is 0 Å². The molecule has 80 valence electrons. The molecule has 0 amide bonds. The van der Waals surface area contributed by atoms with Crippen molar-refractivity contribution < 1.29 is 4.79 Å². The van der Waals surface area contributed by atoms with E-state index in [-0.39, 0.29) is 0 Å². The highest BCUT2D eigenvalue weighted by Gasteiger charge is 2.24. The predicted molar refractivity (Wildman–Crippen MR) is 62.2 cm³/mol. The van der Waals surface area contributed by atoms with Gasteiger partial charge in [-0.15, -0.1) is 0 Å². The largest absolute Gasteiger partial charge is 0.294 e. The van der Waals surface area contributed by atoms with Gasteiger partial charge in [-0.25, -0.2) is 0 Å². The molecule has 0 unspecified atom stereocenters. The van der Waals surface area contributed by atoms with Crippen LogP contribution in [-0.4, -0.2) is 5.78 Å². The van der Waals surface area contributed by atoms with Crippen molar-refractivity contribution in [2.24, 2.45) is 5.92 Å². The Bertz CT molecular complexity index is 373. The van der Waals surface area contributed by atoms with Crippen LogP contribution in [0.25, 0.3) is 0 Å². The van der Waals surface area contributed by atoms with Crippen molar-refractivity contribution in [2.75, 3.05) is 0 Å². The number of hydrogen-bond acceptors (Lipinski definition) is 1. The summed E-state index contributed by atoms with van der Waals surface area (Å²) in [5.41, 5.74) is 3.30. The lowest BCUT2D eigenvalue weighted by atomic mass is 9.92. The predicted octanol–water partition coefficient (Wildman–Crippen LogP) is 3.68. The van der Waals surface area contributed by atoms with Gasteiger partial charge in [-0.05, 0) is 32.3 Å². The van der Waals surface area contributed by atoms with Gasteiger partial charge in [0.2, 0.25) is 0 Å². The van der Waals surface area contributed by atoms with Gasteiger partial charge in [-0.3, -0.25) is 4.79 Å². The van der Waals surface area contributed by atoms with Gasteiger partial charge in [-0.2, -0.15) is 0 Å². The number of carbonyl (C=O) groups is 1. The molecule has 1 aliphatic rings. The van der Waals surface area contributed by atoms with Gasteiger partial charge in [-0.1, -0.05) is 36.6 Å². The summed E-state index contributed by atoms with van der Waals surface area (Å²) >= 11 is 0. The molecule has 1 nitrogen and oxygen atoms in total. The van der Waals surface area contributed by atoms with Crippen molar-refractivity contribution in [3.05, 3.63) is 34.9 Å². The zero-order valence-corrected chi connectivity index (χ0v) is 9.55. The third kappa shape index (κ3) is 2.11. The highest BCUT2D eigenvalue weighted by Crippen LogP contribution is 2.29. The topological polar surface area (TPSA) is 17.1 Å². The second-order valence-corrected chi connectivity index (χ2v) is 4.66. The fourth-order valence-corrected chi connectivity index (χ4v) is 2.50. The van der Waals surface area contributed by atoms with Gasteiger partial charge < -0.3 is 0 Å². The molecule has 1 aromatic rings. The Balaban J connectivity index is 2.24. The van der Waals surface area contributed by atoms with E-state index in [1.165, 1.54) is 18.4 Å². The first kappa shape index (κ1) is 10.4. The van der Waals surface area contributed by atoms with E-state index >= 15 is 0 Å². The van der Waals surface area contributed by atoms with E-state index in [1.807, 2.05) is 19.1 Å². The summed E-state index contributed by atoms with van der Waals surface area (Å²) in [5.74, 6) is 0.663. The fourth-order valence-electron chi connectivity index (χ4n) is 2.50. The lowest BCUT2D eigenvalue weighted by molar-refractivity contribution is 0.0922. The first-order valence-electron chi connectivity index (χ1n) is 5.80. The summed E-state index contributed by atoms with van der Waals surface area (Å²) in [6.45, 7) is 4.10. The molecular weight excluding hydrogens is 184 g/mol. The van der Waals surface area contributed by atoms with E-state index in [0.717, 1.165) is 24.0 Å². The first-order chi connectivity index (χ1) is 7.18. The fraction of sp³-hybridized carbons (Fsp3) is 0.500. The van der Waals surface area contributed by atoms with Crippen molar-refractivity contribution in [1.29, 1.82) is 0 Å². The monoisotopic (exact) mass is 202 g/mol. The number of carbonyl (C=O) groups excluding carboxylic acids is 1. The van der Waals surface area contributed by atoms with Gasteiger partial charge >= 0.3 is 0 Å². The second kappa shape index (κ2) is 4.18. The molecule has 1 aromatic carbocycles. The number of benzene rings is 1. The minimum absolute atomic E-state index is 0.298. The number of hydrogen-bond donors (Lipinski definition) is 0. The van der Waals surface area contributed by atoms with Gasteiger partial charge in [0.25, 0.3) is 0 Å². The van der Waals surface area contributed by atoms with Crippen molar-refractivity contribution in [3.8, 4) is 0 Å². The maximum absolute atomic E-state index is 12.2. The van der Waals surface area contributed by atoms with E-state index in [2.05, 4.69) is 13.0 Å². The summed E-state index contributed by atoms with van der Waals surface area (Å²) in [6.07, 6.45) is 4.63. The van der Waals surface area contributed by atoms with E-state index in [9.17, 15) is 4.79 Å². The summed E-state index contributed by atoms with van der Waals surface area (Å²) in [4.78, 5) is 12.2. The van der Waals surface area contributed by atoms with Crippen LogP contribution < -0.4 is 0 Å². The Hall–Kier alpha value is -1.11. The molecule has 1 heteroatoms. The standard InChI is InChI=1S/C14H18O/c1-10-7-8-13(11(2)9-10)14(15)12-5-3-4-6-12/h7-9,12H,3-6H2,1-2H3. The van der Waals surface area contributed by atoms with Crippen LogP contribution in [0.3, 0.4) is 0 Å². The smallest absolute Gasteiger partial charge is 0.166 e. The number of ketones is 1. The number of Topliss-reactive ketones (excluding diaryl/α,β-unsaturated/α-hetero) is 1. The molecule has 1 aliphatic carbocycles. The zero-order valence-electron chi connectivity index (χ0n) is 9.55. The molecule has 0 aliphatic heterocycles. The van der Waals surface area contributed by atoms with E-state index in [1.54, 1.807) is 0 Å². The normalized spacial score (nSPS) is 16.9. The van der Waals surface area contributed by atoms with Crippen LogP contribution in [0.15, 0.2) is 18.2 Å². The molecule has 0 radical (unpaired) electrons. The zero-order chi connectivity index (χ0) is 10.8. The minimum Gasteiger partial charge on any atom is -0.294 e. The molecule has 0 atom stereocenters. The first-order valence-corrected chi connectivity index (χ1v) is 5.80. The molecular formula is C14H18O. The average molecular weight is 202 g/mol. The molecule has 2 rings (SSSR count). The molecule has 1 saturated carbocycles. The minimum atomic E-state index is 0.298. The van der Waals surface area contributed by atoms with Crippen LogP contribution in [0, 0.1) is 19.8 Å². The Morgan fingerprint density at radius 1 is 1.20 bits per heavy atom. The van der Waals surface area contributed by atoms with Crippen LogP contribution in [0.5, 0.6) is 0 Å². The van der Waals surface area contributed by atoms with Gasteiger partial charge in [0, 0.05) is 11.5 Å². The Kier molecular flexibility index (Phi) is 2.90. The Morgan fingerprint density at radius 3 is 2.47 bits per heavy atom. The summed E-state index contributed by atoms with van der Waals surface area (Å²) in [7, 11) is 0. The van der Waals surface area contributed by atoms with Crippen LogP contribution in [0.1, 0.15) is 47.2 Å². The molecule has 0 spiro atoms. The van der Waals surface area contributed by atoms with Gasteiger partial charge in [0.05, 0.1) is 0 Å². The second-order valence-electron chi connectivity index (χ2n) is 4.66. The highest BCUT2D eigenvalue weighted by molar-refractivity contribution is 5.99. The molecule has 0 saturated heterocycles. The van der Waals surface area contributed by atoms with Gasteiger partial charge in [0.15, 0.2) is 5.78 Å². The van der Waals surface area contributed by atoms with E-state index in [0.29, 0.717) is 11.7 Å². The van der Waals surface area contributed by atoms with Crippen molar-refractivity contribution >= 4 is 5.78 Å². The van der Waals surface area contributed by atoms with E-state index in [4.69, 9.17) is 0 Å². The lowest BCUT2D eigenvalue weighted by Crippen LogP contribution is -2.12. The third-order valence-electron chi connectivity index (χ3n) is 3.37. The average Bonchev–Trinajstić information content (AvgIpc) is 2.69. The summed E-state index contributed by atoms with van der Waals surface area (Å²) < 4.78 is 0. The Labute approximate surface area is 91.5 Å². The quantitative estimate of drug-likeness (QED) is 0.669. The maximum Gasteiger partial charge on any atom is 0.166 e. The van der Waals surface area contributed by atoms with Crippen molar-refractivity contribution in [1.82, 2.24) is 0 Å².